The summed E-state index contributed by atoms with van der Waals surface area (Å²) in [5, 5.41) is 51.5. The molecule has 0 unspecified atom stereocenters. The van der Waals surface area contributed by atoms with Gasteiger partial charge >= 0.3 is 5.69 Å². The van der Waals surface area contributed by atoms with E-state index in [9.17, 15) is 30.5 Å². The first kappa shape index (κ1) is 18.1. The van der Waals surface area contributed by atoms with Gasteiger partial charge in [-0.2, -0.15) is 0 Å². The minimum Gasteiger partial charge on any atom is -0.862 e. The first-order valence-electron chi connectivity index (χ1n) is 7.09. The van der Waals surface area contributed by atoms with Crippen LogP contribution < -0.4 is 9.84 Å². The zero-order valence-electron chi connectivity index (χ0n) is 12.7. The summed E-state index contributed by atoms with van der Waals surface area (Å²) in [5.41, 5.74) is -0.344. The van der Waals surface area contributed by atoms with Gasteiger partial charge in [0.05, 0.1) is 11.5 Å². The molecule has 1 aromatic carbocycles. The van der Waals surface area contributed by atoms with Gasteiger partial charge in [0.1, 0.15) is 24.4 Å². The Kier molecular flexibility index (Phi) is 5.67. The number of aliphatic hydroxyl groups excluding tert-OH is 3. The number of ether oxygens (including phenoxy) is 2. The number of aliphatic hydroxyl groups is 3. The lowest BCUT2D eigenvalue weighted by Gasteiger charge is -2.40. The Morgan fingerprint density at radius 2 is 2.04 bits per heavy atom. The molecule has 0 spiro atoms. The zero-order valence-corrected chi connectivity index (χ0v) is 12.7. The molecule has 3 N–H and O–H groups in total. The first-order valence-corrected chi connectivity index (χ1v) is 7.09. The van der Waals surface area contributed by atoms with E-state index in [1.807, 2.05) is 0 Å². The third-order valence-electron chi connectivity index (χ3n) is 3.48. The highest BCUT2D eigenvalue weighted by Gasteiger charge is 2.45. The van der Waals surface area contributed by atoms with Gasteiger partial charge in [-0.05, 0) is 18.9 Å². The van der Waals surface area contributed by atoms with E-state index >= 15 is 0 Å². The van der Waals surface area contributed by atoms with Crippen LogP contribution in [-0.2, 0) is 4.74 Å². The van der Waals surface area contributed by atoms with Crippen LogP contribution in [0, 0.1) is 10.1 Å². The van der Waals surface area contributed by atoms with Crippen molar-refractivity contribution in [3.8, 4) is 5.75 Å². The fourth-order valence-electron chi connectivity index (χ4n) is 2.34. The van der Waals surface area contributed by atoms with Crippen molar-refractivity contribution < 1.29 is 34.8 Å². The lowest BCUT2D eigenvalue weighted by atomic mass is 9.97. The highest BCUT2D eigenvalue weighted by atomic mass is 16.7. The lowest BCUT2D eigenvalue weighted by molar-refractivity contribution is -0.386. The summed E-state index contributed by atoms with van der Waals surface area (Å²) in [4.78, 5) is 14.0. The van der Waals surface area contributed by atoms with Gasteiger partial charge in [0.15, 0.2) is 5.75 Å². The maximum Gasteiger partial charge on any atom is 0.311 e. The van der Waals surface area contributed by atoms with Crippen molar-refractivity contribution in [1.82, 2.24) is 0 Å². The number of hydrogen-bond donors (Lipinski definition) is 3. The van der Waals surface area contributed by atoms with Crippen molar-refractivity contribution >= 4 is 11.6 Å². The van der Waals surface area contributed by atoms with Crippen molar-refractivity contribution in [2.75, 3.05) is 6.61 Å². The van der Waals surface area contributed by atoms with E-state index < -0.39 is 48.1 Å². The van der Waals surface area contributed by atoms with Gasteiger partial charge in [-0.25, -0.2) is 0 Å². The molecule has 1 heterocycles. The van der Waals surface area contributed by atoms with Crippen molar-refractivity contribution in [3.63, 3.8) is 0 Å². The molecule has 24 heavy (non-hydrogen) atoms. The van der Waals surface area contributed by atoms with Crippen LogP contribution in [0.25, 0.3) is 0 Å². The van der Waals surface area contributed by atoms with Crippen molar-refractivity contribution in [2.45, 2.75) is 37.6 Å². The zero-order chi connectivity index (χ0) is 17.9. The number of nitro groups is 1. The van der Waals surface area contributed by atoms with E-state index in [0.717, 1.165) is 6.92 Å². The fourth-order valence-corrected chi connectivity index (χ4v) is 2.34. The third-order valence-corrected chi connectivity index (χ3v) is 3.48. The smallest absolute Gasteiger partial charge is 0.311 e. The number of benzene rings is 1. The second-order valence-corrected chi connectivity index (χ2v) is 5.19. The van der Waals surface area contributed by atoms with Gasteiger partial charge in [-0.15, -0.1) is 0 Å². The molecule has 10 heteroatoms. The minimum atomic E-state index is -1.55. The predicted octanol–water partition coefficient (Wildman–Crippen LogP) is -1.44. The van der Waals surface area contributed by atoms with Crippen LogP contribution in [0.4, 0.5) is 5.69 Å². The van der Waals surface area contributed by atoms with E-state index in [1.54, 1.807) is 0 Å². The molecule has 0 saturated carbocycles. The molecule has 5 atom stereocenters. The maximum absolute atomic E-state index is 11.3. The number of aliphatic imine (C=N–C) groups is 1. The molecule has 0 aliphatic carbocycles. The van der Waals surface area contributed by atoms with Crippen molar-refractivity contribution in [1.29, 1.82) is 0 Å². The molecule has 0 amide bonds. The largest absolute Gasteiger partial charge is 0.862 e. The van der Waals surface area contributed by atoms with Crippen LogP contribution in [0.15, 0.2) is 29.3 Å². The Labute approximate surface area is 136 Å². The topological polar surface area (TPSA) is 158 Å². The molecule has 1 aromatic rings. The summed E-state index contributed by atoms with van der Waals surface area (Å²) in [6.07, 6.45) is -5.63. The Morgan fingerprint density at radius 3 is 2.62 bits per heavy atom. The van der Waals surface area contributed by atoms with Crippen molar-refractivity contribution in [3.05, 3.63) is 34.4 Å². The molecule has 0 aromatic heterocycles. The van der Waals surface area contributed by atoms with Gasteiger partial charge < -0.3 is 29.9 Å². The highest BCUT2D eigenvalue weighted by Crippen LogP contribution is 2.31. The number of hydrogen-bond acceptors (Lipinski definition) is 9. The van der Waals surface area contributed by atoms with Gasteiger partial charge in [0, 0.05) is 6.07 Å². The standard InChI is InChI=1S/C14H18N2O8/c1-7(18)15-11-13(20)12(19)10(6-17)24-14(11)23-9-5-3-2-4-8(9)16(21)22/h2-5,10-14,17,19-20H,6H2,1H3,(H,15,18)/p-1/t10-,11-,12+,13-,14+/m1/s1. The number of para-hydroxylation sites is 2. The SMILES string of the molecule is CC([O-])=N[C@H]1[C@@H](Oc2ccccc2[N+](=O)[O-])O[C@H](CO)[C@H](O)[C@@H]1O. The molecular formula is C14H17N2O8-. The summed E-state index contributed by atoms with van der Waals surface area (Å²) in [7, 11) is 0. The monoisotopic (exact) mass is 341 g/mol. The van der Waals surface area contributed by atoms with Gasteiger partial charge in [-0.3, -0.25) is 15.1 Å². The Morgan fingerprint density at radius 1 is 1.38 bits per heavy atom. The van der Waals surface area contributed by atoms with Crippen LogP contribution >= 0.6 is 0 Å². The molecule has 1 fully saturated rings. The van der Waals surface area contributed by atoms with Crippen LogP contribution in [0.3, 0.4) is 0 Å². The molecule has 1 aliphatic rings. The van der Waals surface area contributed by atoms with E-state index in [1.165, 1.54) is 24.3 Å². The van der Waals surface area contributed by atoms with Crippen LogP contribution in [0.2, 0.25) is 0 Å². The van der Waals surface area contributed by atoms with Crippen LogP contribution in [0.1, 0.15) is 6.92 Å². The average molecular weight is 341 g/mol. The van der Waals surface area contributed by atoms with Gasteiger partial charge in [-0.1, -0.05) is 12.1 Å². The van der Waals surface area contributed by atoms with Crippen LogP contribution in [0.5, 0.6) is 5.75 Å². The normalized spacial score (nSPS) is 30.8. The summed E-state index contributed by atoms with van der Waals surface area (Å²) in [5.74, 6) is -0.801. The second kappa shape index (κ2) is 7.53. The molecule has 2 rings (SSSR count). The number of nitrogens with zero attached hydrogens (tertiary/aromatic N) is 2. The van der Waals surface area contributed by atoms with Crippen molar-refractivity contribution in [2.24, 2.45) is 4.99 Å². The second-order valence-electron chi connectivity index (χ2n) is 5.19. The van der Waals surface area contributed by atoms with E-state index in [0.29, 0.717) is 0 Å². The minimum absolute atomic E-state index is 0.156. The van der Waals surface area contributed by atoms with Gasteiger partial charge in [0.25, 0.3) is 0 Å². The Hall–Kier alpha value is -2.27. The summed E-state index contributed by atoms with van der Waals surface area (Å²) in [6, 6.07) is 4.16. The maximum atomic E-state index is 11.3. The Balaban J connectivity index is 2.34. The highest BCUT2D eigenvalue weighted by molar-refractivity contribution is 5.68. The molecule has 132 valence electrons. The molecule has 1 aliphatic heterocycles. The third kappa shape index (κ3) is 3.79. The molecule has 0 bridgehead atoms. The molecule has 1 saturated heterocycles. The average Bonchev–Trinajstić information content (AvgIpc) is 2.54. The van der Waals surface area contributed by atoms with E-state index in [4.69, 9.17) is 9.47 Å². The number of nitro benzene ring substituents is 1. The Bertz CT molecular complexity index is 619. The summed E-state index contributed by atoms with van der Waals surface area (Å²) in [6.45, 7) is 0.515. The predicted molar refractivity (Wildman–Crippen MR) is 78.4 cm³/mol. The van der Waals surface area contributed by atoms with Crippen LogP contribution in [-0.4, -0.2) is 63.4 Å². The molecule has 0 radical (unpaired) electrons. The fraction of sp³-hybridized carbons (Fsp3) is 0.500. The molecule has 10 nitrogen and oxygen atoms in total. The summed E-state index contributed by atoms with van der Waals surface area (Å²) < 4.78 is 10.7. The van der Waals surface area contributed by atoms with E-state index in [2.05, 4.69) is 4.99 Å². The molecular weight excluding hydrogens is 324 g/mol. The lowest BCUT2D eigenvalue weighted by Crippen LogP contribution is -2.59. The summed E-state index contributed by atoms with van der Waals surface area (Å²) >= 11 is 0. The number of rotatable bonds is 5. The van der Waals surface area contributed by atoms with E-state index in [-0.39, 0.29) is 11.4 Å². The first-order chi connectivity index (χ1) is 11.3. The quantitative estimate of drug-likeness (QED) is 0.254. The van der Waals surface area contributed by atoms with Gasteiger partial charge in [0.2, 0.25) is 6.29 Å².